The maximum absolute atomic E-state index is 12.3. The lowest BCUT2D eigenvalue weighted by Gasteiger charge is -2.12. The third-order valence-corrected chi connectivity index (χ3v) is 7.59. The molecule has 4 aromatic rings. The lowest BCUT2D eigenvalue weighted by atomic mass is 9.96. The molecule has 36 heavy (non-hydrogen) atoms. The van der Waals surface area contributed by atoms with E-state index < -0.39 is 20.0 Å². The fourth-order valence-electron chi connectivity index (χ4n) is 3.99. The van der Waals surface area contributed by atoms with E-state index in [-0.39, 0.29) is 9.79 Å². The zero-order valence-electron chi connectivity index (χ0n) is 19.7. The fourth-order valence-corrected chi connectivity index (χ4v) is 5.46. The highest BCUT2D eigenvalue weighted by molar-refractivity contribution is 7.89. The van der Waals surface area contributed by atoms with Crippen LogP contribution >= 0.6 is 0 Å². The molecule has 0 atom stereocenters. The second kappa shape index (κ2) is 9.72. The first-order chi connectivity index (χ1) is 16.9. The zero-order chi connectivity index (χ0) is 26.1. The molecule has 0 aliphatic heterocycles. The predicted molar refractivity (Wildman–Crippen MR) is 142 cm³/mol. The minimum atomic E-state index is -3.96. The smallest absolute Gasteiger partial charge is 0.225 e. The van der Waals surface area contributed by atoms with Crippen molar-refractivity contribution in [1.82, 2.24) is 0 Å². The van der Waals surface area contributed by atoms with E-state index in [0.717, 1.165) is 11.1 Å². The van der Waals surface area contributed by atoms with Crippen LogP contribution in [0.15, 0.2) is 94.7 Å². The van der Waals surface area contributed by atoms with Crippen LogP contribution in [0.25, 0.3) is 22.3 Å². The van der Waals surface area contributed by atoms with Gasteiger partial charge < -0.3 is 0 Å². The van der Waals surface area contributed by atoms with Crippen molar-refractivity contribution in [3.63, 3.8) is 0 Å². The largest absolute Gasteiger partial charge is 0.238 e. The van der Waals surface area contributed by atoms with E-state index in [0.29, 0.717) is 33.4 Å². The summed E-state index contributed by atoms with van der Waals surface area (Å²) in [7, 11) is -7.93. The Morgan fingerprint density at radius 3 is 1.25 bits per heavy atom. The zero-order valence-corrected chi connectivity index (χ0v) is 21.3. The molecule has 6 nitrogen and oxygen atoms in total. The van der Waals surface area contributed by atoms with E-state index in [1.54, 1.807) is 60.7 Å². The SMILES string of the molecule is Cc1ccc(S(N)(=O)=O)c(-c2ccccc2C#Cc2ccccc2-c2cc(C)ccc2S(N)(=O)=O)c1. The molecular weight excluding hydrogens is 492 g/mol. The molecule has 0 aliphatic rings. The predicted octanol–water partition coefficient (Wildman–Crippen LogP) is 4.33. The van der Waals surface area contributed by atoms with Gasteiger partial charge in [0.05, 0.1) is 9.79 Å². The Bertz CT molecular complexity index is 1640. The molecule has 4 aromatic carbocycles. The molecule has 8 heteroatoms. The lowest BCUT2D eigenvalue weighted by molar-refractivity contribution is 0.596. The van der Waals surface area contributed by atoms with Crippen molar-refractivity contribution in [2.75, 3.05) is 0 Å². The van der Waals surface area contributed by atoms with Gasteiger partial charge >= 0.3 is 0 Å². The summed E-state index contributed by atoms with van der Waals surface area (Å²) >= 11 is 0. The Hall–Kier alpha value is -3.74. The van der Waals surface area contributed by atoms with Crippen molar-refractivity contribution in [1.29, 1.82) is 0 Å². The van der Waals surface area contributed by atoms with Crippen LogP contribution in [0.1, 0.15) is 22.3 Å². The molecule has 0 aliphatic carbocycles. The number of benzene rings is 4. The first kappa shape index (κ1) is 25.4. The van der Waals surface area contributed by atoms with Gasteiger partial charge in [-0.3, -0.25) is 0 Å². The summed E-state index contributed by atoms with van der Waals surface area (Å²) < 4.78 is 49.0. The number of rotatable bonds is 4. The van der Waals surface area contributed by atoms with Gasteiger partial charge in [0.25, 0.3) is 0 Å². The van der Waals surface area contributed by atoms with Gasteiger partial charge in [0, 0.05) is 22.3 Å². The minimum Gasteiger partial charge on any atom is -0.225 e. The van der Waals surface area contributed by atoms with Gasteiger partial charge in [-0.05, 0) is 49.2 Å². The second-order valence-electron chi connectivity index (χ2n) is 8.43. The van der Waals surface area contributed by atoms with Gasteiger partial charge in [-0.1, -0.05) is 83.6 Å². The summed E-state index contributed by atoms with van der Waals surface area (Å²) in [4.78, 5) is 0.0283. The van der Waals surface area contributed by atoms with E-state index in [1.807, 2.05) is 26.0 Å². The average Bonchev–Trinajstić information content (AvgIpc) is 2.81. The molecule has 0 bridgehead atoms. The van der Waals surface area contributed by atoms with Crippen LogP contribution in [-0.4, -0.2) is 16.8 Å². The summed E-state index contributed by atoms with van der Waals surface area (Å²) in [5.74, 6) is 6.29. The molecule has 0 fully saturated rings. The van der Waals surface area contributed by atoms with Gasteiger partial charge in [0.1, 0.15) is 0 Å². The molecule has 0 radical (unpaired) electrons. The number of aryl methyl sites for hydroxylation is 2. The Kier molecular flexibility index (Phi) is 6.85. The molecule has 4 N–H and O–H groups in total. The van der Waals surface area contributed by atoms with Crippen molar-refractivity contribution in [2.45, 2.75) is 23.6 Å². The molecule has 0 amide bonds. The number of sulfonamides is 2. The summed E-state index contributed by atoms with van der Waals surface area (Å²) in [6.07, 6.45) is 0. The van der Waals surface area contributed by atoms with Gasteiger partial charge in [-0.2, -0.15) is 0 Å². The van der Waals surface area contributed by atoms with Crippen molar-refractivity contribution in [3.05, 3.63) is 107 Å². The highest BCUT2D eigenvalue weighted by Gasteiger charge is 2.18. The molecule has 0 saturated heterocycles. The average molecular weight is 517 g/mol. The van der Waals surface area contributed by atoms with Crippen LogP contribution in [0, 0.1) is 25.7 Å². The standard InChI is InChI=1S/C28H24N2O4S2/c1-19-11-15-27(35(29,31)32)25(17-19)23-9-5-3-7-21(23)13-14-22-8-4-6-10-24(22)26-18-20(2)12-16-28(26)36(30,33)34/h3-12,15-18H,1-2H3,(H2,29,31,32)(H2,30,33,34). The molecule has 0 unspecified atom stereocenters. The number of hydrogen-bond donors (Lipinski definition) is 2. The van der Waals surface area contributed by atoms with Crippen molar-refractivity contribution in [3.8, 4) is 34.1 Å². The first-order valence-corrected chi connectivity index (χ1v) is 14.0. The van der Waals surface area contributed by atoms with Gasteiger partial charge in [-0.25, -0.2) is 27.1 Å². The maximum Gasteiger partial charge on any atom is 0.238 e. The summed E-state index contributed by atoms with van der Waals surface area (Å²) in [5, 5.41) is 11.0. The van der Waals surface area contributed by atoms with E-state index >= 15 is 0 Å². The fraction of sp³-hybridized carbons (Fsp3) is 0.0714. The van der Waals surface area contributed by atoms with Crippen molar-refractivity contribution >= 4 is 20.0 Å². The molecule has 0 heterocycles. The first-order valence-electron chi connectivity index (χ1n) is 10.9. The highest BCUT2D eigenvalue weighted by atomic mass is 32.2. The van der Waals surface area contributed by atoms with Gasteiger partial charge in [0.2, 0.25) is 20.0 Å². The molecule has 182 valence electrons. The van der Waals surface area contributed by atoms with E-state index in [9.17, 15) is 16.8 Å². The van der Waals surface area contributed by atoms with Crippen molar-refractivity contribution in [2.24, 2.45) is 10.3 Å². The highest BCUT2D eigenvalue weighted by Crippen LogP contribution is 2.32. The van der Waals surface area contributed by atoms with E-state index in [2.05, 4.69) is 11.8 Å². The van der Waals surface area contributed by atoms with Crippen molar-refractivity contribution < 1.29 is 16.8 Å². The second-order valence-corrected chi connectivity index (χ2v) is 11.5. The quantitative estimate of drug-likeness (QED) is 0.392. The van der Waals surface area contributed by atoms with Crippen LogP contribution in [-0.2, 0) is 20.0 Å². The Labute approximate surface area is 211 Å². The monoisotopic (exact) mass is 516 g/mol. The summed E-state index contributed by atoms with van der Waals surface area (Å²) in [5.41, 5.74) is 5.11. The molecular formula is C28H24N2O4S2. The van der Waals surface area contributed by atoms with Crippen LogP contribution < -0.4 is 10.3 Å². The number of hydrogen-bond acceptors (Lipinski definition) is 4. The summed E-state index contributed by atoms with van der Waals surface area (Å²) in [6.45, 7) is 3.73. The van der Waals surface area contributed by atoms with E-state index in [1.165, 1.54) is 12.1 Å². The van der Waals surface area contributed by atoms with Crippen LogP contribution in [0.4, 0.5) is 0 Å². The lowest BCUT2D eigenvalue weighted by Crippen LogP contribution is -2.13. The number of nitrogens with two attached hydrogens (primary N) is 2. The van der Waals surface area contributed by atoms with Gasteiger partial charge in [0.15, 0.2) is 0 Å². The third kappa shape index (κ3) is 5.40. The molecule has 0 aromatic heterocycles. The van der Waals surface area contributed by atoms with Gasteiger partial charge in [-0.15, -0.1) is 0 Å². The minimum absolute atomic E-state index is 0.0142. The Balaban J connectivity index is 1.91. The Morgan fingerprint density at radius 2 is 0.889 bits per heavy atom. The maximum atomic E-state index is 12.3. The van der Waals surface area contributed by atoms with E-state index in [4.69, 9.17) is 10.3 Å². The van der Waals surface area contributed by atoms with Crippen LogP contribution in [0.3, 0.4) is 0 Å². The van der Waals surface area contributed by atoms with Crippen LogP contribution in [0.5, 0.6) is 0 Å². The van der Waals surface area contributed by atoms with Crippen LogP contribution in [0.2, 0.25) is 0 Å². The topological polar surface area (TPSA) is 120 Å². The number of primary sulfonamides is 2. The molecule has 0 saturated carbocycles. The molecule has 4 rings (SSSR count). The Morgan fingerprint density at radius 1 is 0.528 bits per heavy atom. The molecule has 0 spiro atoms. The summed E-state index contributed by atoms with van der Waals surface area (Å²) in [6, 6.07) is 24.3. The normalized spacial score (nSPS) is 11.6. The third-order valence-electron chi connectivity index (χ3n) is 5.65.